The molecule has 148 valence electrons. The zero-order valence-corrected chi connectivity index (χ0v) is 16.7. The summed E-state index contributed by atoms with van der Waals surface area (Å²) in [5, 5.41) is 6.01. The molecule has 2 aliphatic rings. The fourth-order valence-electron chi connectivity index (χ4n) is 5.04. The van der Waals surface area contributed by atoms with Gasteiger partial charge in [0, 0.05) is 53.5 Å². The third-order valence-electron chi connectivity index (χ3n) is 6.67. The Balaban J connectivity index is 1.31. The minimum absolute atomic E-state index is 0.0139. The Hall–Kier alpha value is -3.47. The van der Waals surface area contributed by atoms with E-state index < -0.39 is 0 Å². The van der Waals surface area contributed by atoms with E-state index in [9.17, 15) is 4.79 Å². The van der Waals surface area contributed by atoms with E-state index in [1.165, 1.54) is 5.69 Å². The standard InChI is InChI=1S/C25H22N4O/c30-24(18-6-2-1-3-7-18)28-12-10-25(17-28)11-13-29-23(25)15-22(27-29)20-14-19-8-4-5-9-21(19)26-16-20/h1-9,14-16H,10-13,17H2. The van der Waals surface area contributed by atoms with Gasteiger partial charge in [-0.1, -0.05) is 36.4 Å². The summed E-state index contributed by atoms with van der Waals surface area (Å²) in [7, 11) is 0. The van der Waals surface area contributed by atoms with Crippen molar-refractivity contribution in [2.24, 2.45) is 0 Å². The van der Waals surface area contributed by atoms with Crippen LogP contribution >= 0.6 is 0 Å². The van der Waals surface area contributed by atoms with E-state index in [1.807, 2.05) is 59.6 Å². The first-order chi connectivity index (χ1) is 14.7. The van der Waals surface area contributed by atoms with Crippen LogP contribution in [0.2, 0.25) is 0 Å². The van der Waals surface area contributed by atoms with Gasteiger partial charge in [-0.25, -0.2) is 0 Å². The smallest absolute Gasteiger partial charge is 0.253 e. The molecule has 0 saturated carbocycles. The average molecular weight is 394 g/mol. The number of amides is 1. The predicted octanol–water partition coefficient (Wildman–Crippen LogP) is 4.29. The van der Waals surface area contributed by atoms with Crippen molar-refractivity contribution in [1.29, 1.82) is 0 Å². The molecule has 1 unspecified atom stereocenters. The maximum Gasteiger partial charge on any atom is 0.253 e. The number of likely N-dealkylation sites (tertiary alicyclic amines) is 1. The number of nitrogens with zero attached hydrogens (tertiary/aromatic N) is 4. The minimum atomic E-state index is 0.0139. The fourth-order valence-corrected chi connectivity index (χ4v) is 5.04. The zero-order valence-electron chi connectivity index (χ0n) is 16.7. The first kappa shape index (κ1) is 17.4. The van der Waals surface area contributed by atoms with Crippen LogP contribution in [0.15, 0.2) is 72.9 Å². The second kappa shape index (κ2) is 6.52. The van der Waals surface area contributed by atoms with Gasteiger partial charge in [-0.15, -0.1) is 0 Å². The molecule has 4 aromatic rings. The molecule has 0 radical (unpaired) electrons. The van der Waals surface area contributed by atoms with Crippen LogP contribution in [0.3, 0.4) is 0 Å². The van der Waals surface area contributed by atoms with Crippen molar-refractivity contribution in [3.8, 4) is 11.3 Å². The Morgan fingerprint density at radius 1 is 0.933 bits per heavy atom. The molecule has 1 spiro atoms. The van der Waals surface area contributed by atoms with Crippen molar-refractivity contribution in [1.82, 2.24) is 19.7 Å². The minimum Gasteiger partial charge on any atom is -0.338 e. The van der Waals surface area contributed by atoms with E-state index >= 15 is 0 Å². The number of carbonyl (C=O) groups is 1. The lowest BCUT2D eigenvalue weighted by atomic mass is 9.82. The Morgan fingerprint density at radius 3 is 2.63 bits per heavy atom. The molecule has 4 heterocycles. The first-order valence-corrected chi connectivity index (χ1v) is 10.5. The van der Waals surface area contributed by atoms with Crippen LogP contribution in [-0.4, -0.2) is 38.7 Å². The Morgan fingerprint density at radius 2 is 1.73 bits per heavy atom. The largest absolute Gasteiger partial charge is 0.338 e. The molecule has 2 aromatic carbocycles. The molecule has 0 aliphatic carbocycles. The van der Waals surface area contributed by atoms with Crippen molar-refractivity contribution in [3.05, 3.63) is 84.2 Å². The van der Waals surface area contributed by atoms with Gasteiger partial charge in [0.25, 0.3) is 5.91 Å². The van der Waals surface area contributed by atoms with Crippen LogP contribution in [0, 0.1) is 0 Å². The number of para-hydroxylation sites is 1. The van der Waals surface area contributed by atoms with Crippen LogP contribution < -0.4 is 0 Å². The number of hydrogen-bond acceptors (Lipinski definition) is 3. The third-order valence-corrected chi connectivity index (χ3v) is 6.67. The molecular formula is C25H22N4O. The van der Waals surface area contributed by atoms with E-state index in [4.69, 9.17) is 5.10 Å². The normalized spacial score (nSPS) is 20.2. The number of pyridine rings is 1. The van der Waals surface area contributed by atoms with Gasteiger partial charge in [0.15, 0.2) is 0 Å². The summed E-state index contributed by atoms with van der Waals surface area (Å²) in [6, 6.07) is 22.1. The Labute approximate surface area is 175 Å². The summed E-state index contributed by atoms with van der Waals surface area (Å²) < 4.78 is 2.14. The van der Waals surface area contributed by atoms with Gasteiger partial charge < -0.3 is 4.90 Å². The number of fused-ring (bicyclic) bond motifs is 3. The van der Waals surface area contributed by atoms with Crippen molar-refractivity contribution >= 4 is 16.8 Å². The van der Waals surface area contributed by atoms with E-state index in [1.54, 1.807) is 0 Å². The summed E-state index contributed by atoms with van der Waals surface area (Å²) in [5.74, 6) is 0.129. The Bertz CT molecular complexity index is 1260. The van der Waals surface area contributed by atoms with E-state index in [0.29, 0.717) is 0 Å². The summed E-state index contributed by atoms with van der Waals surface area (Å²) in [6.45, 7) is 2.47. The highest BCUT2D eigenvalue weighted by molar-refractivity contribution is 5.94. The second-order valence-electron chi connectivity index (χ2n) is 8.43. The molecule has 5 heteroatoms. The lowest BCUT2D eigenvalue weighted by Gasteiger charge is -2.23. The molecule has 0 bridgehead atoms. The molecule has 2 aromatic heterocycles. The molecule has 0 N–H and O–H groups in total. The summed E-state index contributed by atoms with van der Waals surface area (Å²) in [6.07, 6.45) is 3.95. The molecule has 6 rings (SSSR count). The predicted molar refractivity (Wildman–Crippen MR) is 116 cm³/mol. The number of aryl methyl sites for hydroxylation is 1. The highest BCUT2D eigenvalue weighted by Crippen LogP contribution is 2.44. The Kier molecular flexibility index (Phi) is 3.78. The van der Waals surface area contributed by atoms with Crippen molar-refractivity contribution in [3.63, 3.8) is 0 Å². The zero-order chi connectivity index (χ0) is 20.1. The van der Waals surface area contributed by atoms with Gasteiger partial charge in [0.05, 0.1) is 11.2 Å². The summed E-state index contributed by atoms with van der Waals surface area (Å²) >= 11 is 0. The van der Waals surface area contributed by atoms with Gasteiger partial charge in [0.2, 0.25) is 0 Å². The van der Waals surface area contributed by atoms with Crippen LogP contribution in [-0.2, 0) is 12.0 Å². The lowest BCUT2D eigenvalue weighted by molar-refractivity contribution is 0.0783. The van der Waals surface area contributed by atoms with Crippen molar-refractivity contribution < 1.29 is 4.79 Å². The SMILES string of the molecule is O=C(c1ccccc1)N1CCC2(CCn3nc(-c4cnc5ccccc5c4)cc32)C1. The summed E-state index contributed by atoms with van der Waals surface area (Å²) in [4.78, 5) is 19.6. The van der Waals surface area contributed by atoms with Gasteiger partial charge in [-0.3, -0.25) is 14.5 Å². The first-order valence-electron chi connectivity index (χ1n) is 10.5. The lowest BCUT2D eigenvalue weighted by Crippen LogP contribution is -2.33. The van der Waals surface area contributed by atoms with Crippen LogP contribution in [0.5, 0.6) is 0 Å². The van der Waals surface area contributed by atoms with E-state index in [0.717, 1.165) is 60.2 Å². The van der Waals surface area contributed by atoms with Gasteiger partial charge >= 0.3 is 0 Å². The second-order valence-corrected chi connectivity index (χ2v) is 8.43. The third kappa shape index (κ3) is 2.65. The van der Waals surface area contributed by atoms with Crippen molar-refractivity contribution in [2.45, 2.75) is 24.8 Å². The molecule has 30 heavy (non-hydrogen) atoms. The topological polar surface area (TPSA) is 51.0 Å². The maximum absolute atomic E-state index is 12.9. The van der Waals surface area contributed by atoms with Gasteiger partial charge in [0.1, 0.15) is 0 Å². The van der Waals surface area contributed by atoms with E-state index in [-0.39, 0.29) is 11.3 Å². The highest BCUT2D eigenvalue weighted by atomic mass is 16.2. The number of carbonyl (C=O) groups excluding carboxylic acids is 1. The monoisotopic (exact) mass is 394 g/mol. The van der Waals surface area contributed by atoms with Crippen LogP contribution in [0.25, 0.3) is 22.2 Å². The molecule has 1 fully saturated rings. The number of benzene rings is 2. The number of hydrogen-bond donors (Lipinski definition) is 0. The molecule has 2 aliphatic heterocycles. The average Bonchev–Trinajstić information content (AvgIpc) is 3.50. The van der Waals surface area contributed by atoms with E-state index in [2.05, 4.69) is 27.9 Å². The quantitative estimate of drug-likeness (QED) is 0.510. The summed E-state index contributed by atoms with van der Waals surface area (Å²) in [5.41, 5.74) is 5.05. The molecule has 1 atom stereocenters. The van der Waals surface area contributed by atoms with Crippen LogP contribution in [0.4, 0.5) is 0 Å². The molecule has 1 amide bonds. The molecular weight excluding hydrogens is 372 g/mol. The van der Waals surface area contributed by atoms with Gasteiger partial charge in [-0.05, 0) is 43.2 Å². The van der Waals surface area contributed by atoms with Gasteiger partial charge in [-0.2, -0.15) is 5.10 Å². The molecule has 5 nitrogen and oxygen atoms in total. The maximum atomic E-state index is 12.9. The highest BCUT2D eigenvalue weighted by Gasteiger charge is 2.46. The fraction of sp³-hybridized carbons (Fsp3) is 0.240. The number of rotatable bonds is 2. The molecule has 1 saturated heterocycles. The number of aromatic nitrogens is 3. The van der Waals surface area contributed by atoms with Crippen molar-refractivity contribution in [2.75, 3.05) is 13.1 Å². The van der Waals surface area contributed by atoms with Crippen LogP contribution in [0.1, 0.15) is 28.9 Å².